The molecule has 0 bridgehead atoms. The number of aromatic nitrogens is 2. The van der Waals surface area contributed by atoms with Crippen molar-refractivity contribution in [3.05, 3.63) is 36.0 Å². The fourth-order valence-corrected chi connectivity index (χ4v) is 1.62. The number of nitrogen functional groups attached to an aromatic ring is 1. The lowest BCUT2D eigenvalue weighted by Crippen LogP contribution is -2.13. The molecule has 1 aromatic carbocycles. The van der Waals surface area contributed by atoms with Crippen LogP contribution in [0.2, 0.25) is 0 Å². The van der Waals surface area contributed by atoms with Crippen LogP contribution in [-0.2, 0) is 11.0 Å². The number of halogens is 3. The first-order valence-corrected chi connectivity index (χ1v) is 5.15. The molecule has 0 fully saturated rings. The van der Waals surface area contributed by atoms with E-state index in [-0.39, 0.29) is 17.2 Å². The molecule has 0 saturated carbocycles. The standard InChI is InChI=1S/C11H9F3N4O/c12-11(13,14)7-3-1-2-4-9(7)18-10(15)8(5-17-18)16-6-19/h1-6H,15H2,(H,16,19). The van der Waals surface area contributed by atoms with Gasteiger partial charge in [0.05, 0.1) is 17.4 Å². The molecule has 0 aliphatic carbocycles. The molecule has 100 valence electrons. The summed E-state index contributed by atoms with van der Waals surface area (Å²) in [6.45, 7) is 0. The summed E-state index contributed by atoms with van der Waals surface area (Å²) in [4.78, 5) is 10.3. The van der Waals surface area contributed by atoms with Crippen molar-refractivity contribution < 1.29 is 18.0 Å². The molecule has 5 nitrogen and oxygen atoms in total. The van der Waals surface area contributed by atoms with Crippen LogP contribution in [0.3, 0.4) is 0 Å². The van der Waals surface area contributed by atoms with Crippen LogP contribution in [0.1, 0.15) is 5.56 Å². The van der Waals surface area contributed by atoms with Gasteiger partial charge in [-0.25, -0.2) is 4.68 Å². The number of nitrogens with one attached hydrogen (secondary N) is 1. The number of nitrogens with zero attached hydrogens (tertiary/aromatic N) is 2. The molecule has 0 aliphatic heterocycles. The van der Waals surface area contributed by atoms with Crippen LogP contribution < -0.4 is 11.1 Å². The number of para-hydroxylation sites is 1. The molecule has 1 heterocycles. The molecule has 2 rings (SSSR count). The zero-order valence-corrected chi connectivity index (χ0v) is 9.48. The number of hydrogen-bond acceptors (Lipinski definition) is 3. The fourth-order valence-electron chi connectivity index (χ4n) is 1.62. The Labute approximate surface area is 105 Å². The third kappa shape index (κ3) is 2.37. The molecule has 8 heteroatoms. The van der Waals surface area contributed by atoms with Crippen molar-refractivity contribution in [1.82, 2.24) is 9.78 Å². The fraction of sp³-hybridized carbons (Fsp3) is 0.0909. The highest BCUT2D eigenvalue weighted by atomic mass is 19.4. The first-order valence-electron chi connectivity index (χ1n) is 5.15. The number of hydrogen-bond donors (Lipinski definition) is 2. The van der Waals surface area contributed by atoms with Crippen molar-refractivity contribution in [1.29, 1.82) is 0 Å². The van der Waals surface area contributed by atoms with Crippen molar-refractivity contribution in [3.63, 3.8) is 0 Å². The molecule has 1 aromatic heterocycles. The van der Waals surface area contributed by atoms with Crippen LogP contribution >= 0.6 is 0 Å². The largest absolute Gasteiger partial charge is 0.418 e. The molecule has 1 amide bonds. The number of nitrogens with two attached hydrogens (primary N) is 1. The molecule has 2 aromatic rings. The predicted octanol–water partition coefficient (Wildman–Crippen LogP) is 2.04. The Balaban J connectivity index is 2.57. The quantitative estimate of drug-likeness (QED) is 0.838. The maximum Gasteiger partial charge on any atom is 0.418 e. The van der Waals surface area contributed by atoms with Gasteiger partial charge >= 0.3 is 6.18 Å². The van der Waals surface area contributed by atoms with Gasteiger partial charge in [-0.3, -0.25) is 4.79 Å². The minimum absolute atomic E-state index is 0.0798. The summed E-state index contributed by atoms with van der Waals surface area (Å²) < 4.78 is 39.5. The number of benzene rings is 1. The van der Waals surface area contributed by atoms with E-state index in [4.69, 9.17) is 5.73 Å². The van der Waals surface area contributed by atoms with Gasteiger partial charge in [-0.1, -0.05) is 12.1 Å². The van der Waals surface area contributed by atoms with Crippen LogP contribution in [-0.4, -0.2) is 16.2 Å². The van der Waals surface area contributed by atoms with Gasteiger partial charge in [-0.15, -0.1) is 0 Å². The Hall–Kier alpha value is -2.51. The van der Waals surface area contributed by atoms with E-state index in [1.54, 1.807) is 0 Å². The highest BCUT2D eigenvalue weighted by Crippen LogP contribution is 2.35. The molecule has 19 heavy (non-hydrogen) atoms. The van der Waals surface area contributed by atoms with E-state index in [2.05, 4.69) is 10.4 Å². The molecule has 0 radical (unpaired) electrons. The predicted molar refractivity (Wildman–Crippen MR) is 62.7 cm³/mol. The Morgan fingerprint density at radius 3 is 2.63 bits per heavy atom. The van der Waals surface area contributed by atoms with Gasteiger partial charge in [0.1, 0.15) is 5.69 Å². The lowest BCUT2D eigenvalue weighted by molar-refractivity contribution is -0.137. The van der Waals surface area contributed by atoms with Gasteiger partial charge in [0.2, 0.25) is 6.41 Å². The van der Waals surface area contributed by atoms with Crippen LogP contribution in [0, 0.1) is 0 Å². The molecule has 0 unspecified atom stereocenters. The Morgan fingerprint density at radius 2 is 2.00 bits per heavy atom. The first-order chi connectivity index (χ1) is 8.95. The Bertz CT molecular complexity index is 606. The first kappa shape index (κ1) is 12.9. The van der Waals surface area contributed by atoms with Crippen molar-refractivity contribution in [2.24, 2.45) is 0 Å². The number of carbonyl (C=O) groups excluding carboxylic acids is 1. The van der Waals surface area contributed by atoms with Crippen molar-refractivity contribution in [2.45, 2.75) is 6.18 Å². The minimum atomic E-state index is -4.52. The summed E-state index contributed by atoms with van der Waals surface area (Å²) in [6.07, 6.45) is -2.97. The third-order valence-electron chi connectivity index (χ3n) is 2.46. The second-order valence-corrected chi connectivity index (χ2v) is 3.63. The van der Waals surface area contributed by atoms with Crippen LogP contribution in [0.25, 0.3) is 5.69 Å². The second kappa shape index (κ2) is 4.63. The van der Waals surface area contributed by atoms with Crippen molar-refractivity contribution >= 4 is 17.9 Å². The monoisotopic (exact) mass is 270 g/mol. The van der Waals surface area contributed by atoms with Gasteiger partial charge in [0.15, 0.2) is 5.82 Å². The summed E-state index contributed by atoms with van der Waals surface area (Å²) >= 11 is 0. The van der Waals surface area contributed by atoms with Gasteiger partial charge in [-0.2, -0.15) is 18.3 Å². The number of carbonyl (C=O) groups is 1. The average Bonchev–Trinajstić information content (AvgIpc) is 2.71. The maximum atomic E-state index is 12.9. The number of alkyl halides is 3. The van der Waals surface area contributed by atoms with Crippen LogP contribution in [0.15, 0.2) is 30.5 Å². The Kier molecular flexibility index (Phi) is 3.16. The second-order valence-electron chi connectivity index (χ2n) is 3.63. The molecule has 3 N–H and O–H groups in total. The smallest absolute Gasteiger partial charge is 0.382 e. The van der Waals surface area contributed by atoms with Crippen LogP contribution in [0.5, 0.6) is 0 Å². The molecular formula is C11H9F3N4O. The Morgan fingerprint density at radius 1 is 1.32 bits per heavy atom. The highest BCUT2D eigenvalue weighted by molar-refractivity contribution is 5.78. The molecule has 0 atom stereocenters. The zero-order valence-electron chi connectivity index (χ0n) is 9.48. The average molecular weight is 270 g/mol. The summed E-state index contributed by atoms with van der Waals surface area (Å²) in [5.41, 5.74) is 4.73. The lowest BCUT2D eigenvalue weighted by Gasteiger charge is -2.13. The maximum absolute atomic E-state index is 12.9. The van der Waals surface area contributed by atoms with Gasteiger partial charge in [-0.05, 0) is 12.1 Å². The normalized spacial score (nSPS) is 11.3. The molecular weight excluding hydrogens is 261 g/mol. The number of rotatable bonds is 3. The van der Waals surface area contributed by atoms with E-state index < -0.39 is 11.7 Å². The topological polar surface area (TPSA) is 72.9 Å². The molecule has 0 aliphatic rings. The van der Waals surface area contributed by atoms with Crippen LogP contribution in [0.4, 0.5) is 24.7 Å². The summed E-state index contributed by atoms with van der Waals surface area (Å²) in [5, 5.41) is 6.00. The summed E-state index contributed by atoms with van der Waals surface area (Å²) in [7, 11) is 0. The van der Waals surface area contributed by atoms with E-state index in [0.717, 1.165) is 10.7 Å². The SMILES string of the molecule is Nc1c(NC=O)cnn1-c1ccccc1C(F)(F)F. The van der Waals surface area contributed by atoms with Crippen molar-refractivity contribution in [2.75, 3.05) is 11.1 Å². The zero-order chi connectivity index (χ0) is 14.0. The lowest BCUT2D eigenvalue weighted by atomic mass is 10.1. The summed E-state index contributed by atoms with van der Waals surface area (Å²) in [5.74, 6) is -0.0798. The van der Waals surface area contributed by atoms with E-state index in [1.165, 1.54) is 24.4 Å². The van der Waals surface area contributed by atoms with Crippen molar-refractivity contribution in [3.8, 4) is 5.69 Å². The third-order valence-corrected chi connectivity index (χ3v) is 2.46. The minimum Gasteiger partial charge on any atom is -0.382 e. The number of anilines is 2. The van der Waals surface area contributed by atoms with E-state index in [0.29, 0.717) is 6.41 Å². The molecule has 0 saturated heterocycles. The van der Waals surface area contributed by atoms with Gasteiger partial charge in [0, 0.05) is 0 Å². The highest BCUT2D eigenvalue weighted by Gasteiger charge is 2.34. The van der Waals surface area contributed by atoms with E-state index >= 15 is 0 Å². The van der Waals surface area contributed by atoms with E-state index in [1.807, 2.05) is 0 Å². The van der Waals surface area contributed by atoms with Gasteiger partial charge in [0.25, 0.3) is 0 Å². The van der Waals surface area contributed by atoms with E-state index in [9.17, 15) is 18.0 Å². The molecule has 0 spiro atoms. The number of amides is 1. The van der Waals surface area contributed by atoms with Gasteiger partial charge < -0.3 is 11.1 Å². The summed E-state index contributed by atoms with van der Waals surface area (Å²) in [6, 6.07) is 4.90.